The number of rotatable bonds is 5. The van der Waals surface area contributed by atoms with Crippen molar-refractivity contribution in [3.63, 3.8) is 0 Å². The summed E-state index contributed by atoms with van der Waals surface area (Å²) in [5.41, 5.74) is 2.07. The molecule has 1 unspecified atom stereocenters. The van der Waals surface area contributed by atoms with E-state index in [0.717, 1.165) is 36.7 Å². The van der Waals surface area contributed by atoms with Crippen molar-refractivity contribution >= 4 is 29.9 Å². The van der Waals surface area contributed by atoms with Gasteiger partial charge in [0.2, 0.25) is 0 Å². The number of aliphatic hydroxyl groups excluding tert-OH is 1. The van der Waals surface area contributed by atoms with Gasteiger partial charge < -0.3 is 15.3 Å². The molecule has 0 bridgehead atoms. The molecule has 0 spiro atoms. The Hall–Kier alpha value is -0.860. The summed E-state index contributed by atoms with van der Waals surface area (Å²) in [7, 11) is 0. The first-order valence-electron chi connectivity index (χ1n) is 9.26. The van der Waals surface area contributed by atoms with Crippen LogP contribution in [-0.4, -0.2) is 59.6 Å². The van der Waals surface area contributed by atoms with Crippen molar-refractivity contribution < 1.29 is 5.11 Å². The van der Waals surface area contributed by atoms with E-state index in [1.807, 2.05) is 18.2 Å². The molecule has 3 rings (SSSR count). The van der Waals surface area contributed by atoms with Crippen molar-refractivity contribution in [2.24, 2.45) is 4.99 Å². The van der Waals surface area contributed by atoms with Crippen LogP contribution in [0.2, 0.25) is 0 Å². The molecule has 1 atom stereocenters. The number of nitrogens with zero attached hydrogens (tertiary/aromatic N) is 3. The largest absolute Gasteiger partial charge is 0.392 e. The number of benzene rings is 1. The Balaban J connectivity index is 0.00000225. The van der Waals surface area contributed by atoms with Gasteiger partial charge in [0.1, 0.15) is 0 Å². The maximum atomic E-state index is 9.47. The van der Waals surface area contributed by atoms with E-state index in [-0.39, 0.29) is 30.6 Å². The van der Waals surface area contributed by atoms with Crippen LogP contribution in [0.15, 0.2) is 29.3 Å². The monoisotopic (exact) mass is 458 g/mol. The lowest BCUT2D eigenvalue weighted by Crippen LogP contribution is -2.42. The second-order valence-electron chi connectivity index (χ2n) is 6.73. The van der Waals surface area contributed by atoms with E-state index in [1.165, 1.54) is 32.4 Å². The molecule has 2 N–H and O–H groups in total. The third kappa shape index (κ3) is 5.31. The summed E-state index contributed by atoms with van der Waals surface area (Å²) < 4.78 is 0. The van der Waals surface area contributed by atoms with E-state index >= 15 is 0 Å². The van der Waals surface area contributed by atoms with Gasteiger partial charge in [-0.05, 0) is 50.4 Å². The molecule has 140 valence electrons. The molecule has 0 amide bonds. The number of halogens is 1. The van der Waals surface area contributed by atoms with Gasteiger partial charge in [0.25, 0.3) is 0 Å². The summed E-state index contributed by atoms with van der Waals surface area (Å²) in [5.74, 6) is 1.01. The molecule has 2 aliphatic heterocycles. The molecule has 2 saturated heterocycles. The molecule has 1 aromatic rings. The van der Waals surface area contributed by atoms with Crippen LogP contribution in [0.5, 0.6) is 0 Å². The second kappa shape index (κ2) is 10.3. The molecule has 5 nitrogen and oxygen atoms in total. The lowest BCUT2D eigenvalue weighted by atomic mass is 10.1. The molecule has 0 saturated carbocycles. The maximum Gasteiger partial charge on any atom is 0.194 e. The van der Waals surface area contributed by atoms with Gasteiger partial charge in [-0.2, -0.15) is 0 Å². The summed E-state index contributed by atoms with van der Waals surface area (Å²) in [6.45, 7) is 8.36. The van der Waals surface area contributed by atoms with Crippen LogP contribution in [0.3, 0.4) is 0 Å². The first kappa shape index (κ1) is 20.5. The second-order valence-corrected chi connectivity index (χ2v) is 6.73. The lowest BCUT2D eigenvalue weighted by molar-refractivity contribution is 0.249. The quantitative estimate of drug-likeness (QED) is 0.405. The van der Waals surface area contributed by atoms with E-state index in [2.05, 4.69) is 28.1 Å². The Morgan fingerprint density at radius 3 is 2.60 bits per heavy atom. The Kier molecular flexibility index (Phi) is 8.45. The van der Waals surface area contributed by atoms with Crippen LogP contribution >= 0.6 is 24.0 Å². The lowest BCUT2D eigenvalue weighted by Gasteiger charge is -2.25. The molecule has 2 aliphatic rings. The highest BCUT2D eigenvalue weighted by Crippen LogP contribution is 2.20. The average Bonchev–Trinajstić information content (AvgIpc) is 3.29. The normalized spacial score (nSPS) is 21.4. The van der Waals surface area contributed by atoms with Gasteiger partial charge in [-0.25, -0.2) is 4.99 Å². The van der Waals surface area contributed by atoms with Gasteiger partial charge in [0.05, 0.1) is 13.2 Å². The molecule has 0 aromatic heterocycles. The van der Waals surface area contributed by atoms with Crippen molar-refractivity contribution in [1.29, 1.82) is 0 Å². The summed E-state index contributed by atoms with van der Waals surface area (Å²) in [4.78, 5) is 9.88. The van der Waals surface area contributed by atoms with Gasteiger partial charge >= 0.3 is 0 Å². The number of aliphatic imine (C=N–C) groups is 1. The summed E-state index contributed by atoms with van der Waals surface area (Å²) in [6, 6.07) is 8.68. The van der Waals surface area contributed by atoms with Crippen molar-refractivity contribution in [2.75, 3.05) is 32.7 Å². The number of hydrogen-bond donors (Lipinski definition) is 2. The Morgan fingerprint density at radius 1 is 1.20 bits per heavy atom. The Labute approximate surface area is 168 Å². The molecular formula is C19H31IN4O. The van der Waals surface area contributed by atoms with Crippen molar-refractivity contribution in [3.05, 3.63) is 35.4 Å². The van der Waals surface area contributed by atoms with Crippen LogP contribution in [0, 0.1) is 0 Å². The topological polar surface area (TPSA) is 51.1 Å². The van der Waals surface area contributed by atoms with E-state index in [0.29, 0.717) is 12.6 Å². The van der Waals surface area contributed by atoms with Gasteiger partial charge in [-0.3, -0.25) is 4.90 Å². The fourth-order valence-electron chi connectivity index (χ4n) is 3.79. The zero-order valence-corrected chi connectivity index (χ0v) is 17.5. The molecule has 0 aliphatic carbocycles. The molecule has 25 heavy (non-hydrogen) atoms. The average molecular weight is 458 g/mol. The number of aliphatic hydroxyl groups is 1. The van der Waals surface area contributed by atoms with E-state index in [4.69, 9.17) is 4.99 Å². The van der Waals surface area contributed by atoms with Gasteiger partial charge in [0.15, 0.2) is 5.96 Å². The van der Waals surface area contributed by atoms with Crippen LogP contribution in [0.1, 0.15) is 37.3 Å². The predicted octanol–water partition coefficient (Wildman–Crippen LogP) is 2.43. The zero-order valence-electron chi connectivity index (χ0n) is 15.2. The number of hydrogen-bond acceptors (Lipinski definition) is 3. The standard InChI is InChI=1S/C19H30N4O.HI/c1-2-20-19(21-13-16-7-3-4-8-17(16)15-24)23-12-9-18(14-23)22-10-5-6-11-22;/h3-4,7-8,18,24H,2,5-6,9-15H2,1H3,(H,20,21);1H. The smallest absolute Gasteiger partial charge is 0.194 e. The molecule has 0 radical (unpaired) electrons. The van der Waals surface area contributed by atoms with E-state index < -0.39 is 0 Å². The number of nitrogens with one attached hydrogen (secondary N) is 1. The third-order valence-corrected chi connectivity index (χ3v) is 5.14. The molecule has 1 aromatic carbocycles. The van der Waals surface area contributed by atoms with Crippen LogP contribution in [-0.2, 0) is 13.2 Å². The fraction of sp³-hybridized carbons (Fsp3) is 0.632. The van der Waals surface area contributed by atoms with Crippen molar-refractivity contribution in [2.45, 2.75) is 45.4 Å². The Bertz CT molecular complexity index is 560. The van der Waals surface area contributed by atoms with Crippen molar-refractivity contribution in [1.82, 2.24) is 15.1 Å². The van der Waals surface area contributed by atoms with E-state index in [1.54, 1.807) is 0 Å². The molecule has 6 heteroatoms. The zero-order chi connectivity index (χ0) is 16.8. The molecule has 2 heterocycles. The fourth-order valence-corrected chi connectivity index (χ4v) is 3.79. The summed E-state index contributed by atoms with van der Waals surface area (Å²) in [6.07, 6.45) is 3.93. The maximum absolute atomic E-state index is 9.47. The highest BCUT2D eigenvalue weighted by Gasteiger charge is 2.30. The number of guanidine groups is 1. The van der Waals surface area contributed by atoms with Gasteiger partial charge in [-0.15, -0.1) is 24.0 Å². The molecule has 2 fully saturated rings. The number of likely N-dealkylation sites (tertiary alicyclic amines) is 2. The third-order valence-electron chi connectivity index (χ3n) is 5.14. The Morgan fingerprint density at radius 2 is 1.92 bits per heavy atom. The van der Waals surface area contributed by atoms with Crippen molar-refractivity contribution in [3.8, 4) is 0 Å². The minimum atomic E-state index is 0. The first-order chi connectivity index (χ1) is 11.8. The highest BCUT2D eigenvalue weighted by atomic mass is 127. The summed E-state index contributed by atoms with van der Waals surface area (Å²) in [5, 5.41) is 12.9. The van der Waals surface area contributed by atoms with Crippen LogP contribution in [0.4, 0.5) is 0 Å². The first-order valence-corrected chi connectivity index (χ1v) is 9.26. The van der Waals surface area contributed by atoms with Crippen LogP contribution in [0.25, 0.3) is 0 Å². The van der Waals surface area contributed by atoms with Gasteiger partial charge in [-0.1, -0.05) is 24.3 Å². The van der Waals surface area contributed by atoms with Crippen LogP contribution < -0.4 is 5.32 Å². The highest BCUT2D eigenvalue weighted by molar-refractivity contribution is 14.0. The molecular weight excluding hydrogens is 427 g/mol. The predicted molar refractivity (Wildman–Crippen MR) is 113 cm³/mol. The van der Waals surface area contributed by atoms with E-state index in [9.17, 15) is 5.11 Å². The SMILES string of the molecule is CCNC(=NCc1ccccc1CO)N1CCC(N2CCCC2)C1.I. The summed E-state index contributed by atoms with van der Waals surface area (Å²) >= 11 is 0. The minimum absolute atomic E-state index is 0. The minimum Gasteiger partial charge on any atom is -0.392 e. The van der Waals surface area contributed by atoms with Gasteiger partial charge in [0, 0.05) is 25.7 Å².